The number of hydrogen-bond donors (Lipinski definition) is 1. The summed E-state index contributed by atoms with van der Waals surface area (Å²) in [5.74, 6) is 1.45. The van der Waals surface area contributed by atoms with E-state index in [0.717, 1.165) is 17.1 Å². The lowest BCUT2D eigenvalue weighted by molar-refractivity contribution is -0.136. The summed E-state index contributed by atoms with van der Waals surface area (Å²) >= 11 is 1.72. The van der Waals surface area contributed by atoms with E-state index < -0.39 is 5.97 Å². The van der Waals surface area contributed by atoms with Crippen LogP contribution in [0.25, 0.3) is 0 Å². The Bertz CT molecular complexity index is 446. The Labute approximate surface area is 124 Å². The first-order chi connectivity index (χ1) is 9.62. The highest BCUT2D eigenvalue weighted by atomic mass is 32.2. The first-order valence-corrected chi connectivity index (χ1v) is 7.70. The van der Waals surface area contributed by atoms with E-state index >= 15 is 0 Å². The molecule has 1 aromatic rings. The van der Waals surface area contributed by atoms with Crippen LogP contribution in [-0.2, 0) is 11.2 Å². The smallest absolute Gasteiger partial charge is 0.307 e. The number of thioether (sulfide) groups is 1. The van der Waals surface area contributed by atoms with Crippen LogP contribution < -0.4 is 9.47 Å². The van der Waals surface area contributed by atoms with Crippen LogP contribution in [-0.4, -0.2) is 31.0 Å². The number of rotatable bonds is 9. The largest absolute Gasteiger partial charge is 0.496 e. The summed E-state index contributed by atoms with van der Waals surface area (Å²) in [6.45, 7) is 2.18. The fourth-order valence-corrected chi connectivity index (χ4v) is 2.92. The molecule has 0 saturated carbocycles. The van der Waals surface area contributed by atoms with E-state index in [2.05, 4.69) is 6.92 Å². The summed E-state index contributed by atoms with van der Waals surface area (Å²) in [7, 11) is 3.15. The first kappa shape index (κ1) is 16.7. The third-order valence-corrected chi connectivity index (χ3v) is 4.04. The third-order valence-electron chi connectivity index (χ3n) is 2.91. The summed E-state index contributed by atoms with van der Waals surface area (Å²) in [4.78, 5) is 11.9. The van der Waals surface area contributed by atoms with Gasteiger partial charge < -0.3 is 14.6 Å². The number of carbonyl (C=O) groups is 1. The molecule has 1 rings (SSSR count). The van der Waals surface area contributed by atoms with Gasteiger partial charge in [-0.2, -0.15) is 0 Å². The van der Waals surface area contributed by atoms with Gasteiger partial charge in [-0.05, 0) is 24.3 Å². The van der Waals surface area contributed by atoms with Crippen molar-refractivity contribution in [1.29, 1.82) is 0 Å². The van der Waals surface area contributed by atoms with E-state index in [1.165, 1.54) is 12.8 Å². The zero-order chi connectivity index (χ0) is 15.0. The van der Waals surface area contributed by atoms with Crippen molar-refractivity contribution in [2.24, 2.45) is 0 Å². The molecule has 0 heterocycles. The minimum absolute atomic E-state index is 0.0691. The van der Waals surface area contributed by atoms with Crippen LogP contribution in [0.15, 0.2) is 17.0 Å². The molecule has 1 N–H and O–H groups in total. The second kappa shape index (κ2) is 8.74. The van der Waals surface area contributed by atoms with E-state index in [9.17, 15) is 4.79 Å². The van der Waals surface area contributed by atoms with E-state index in [4.69, 9.17) is 14.6 Å². The van der Waals surface area contributed by atoms with Crippen molar-refractivity contribution >= 4 is 17.7 Å². The van der Waals surface area contributed by atoms with Crippen LogP contribution in [0, 0.1) is 0 Å². The molecule has 1 aromatic carbocycles. The molecule has 112 valence electrons. The number of methoxy groups -OCH3 is 2. The Kier molecular flexibility index (Phi) is 7.30. The predicted molar refractivity (Wildman–Crippen MR) is 81.1 cm³/mol. The lowest BCUT2D eigenvalue weighted by Gasteiger charge is -2.13. The van der Waals surface area contributed by atoms with Gasteiger partial charge in [-0.25, -0.2) is 0 Å². The van der Waals surface area contributed by atoms with Gasteiger partial charge in [-0.15, -0.1) is 11.8 Å². The van der Waals surface area contributed by atoms with Gasteiger partial charge >= 0.3 is 5.97 Å². The fraction of sp³-hybridized carbons (Fsp3) is 0.533. The first-order valence-electron chi connectivity index (χ1n) is 6.71. The zero-order valence-corrected chi connectivity index (χ0v) is 13.1. The molecule has 5 heteroatoms. The minimum atomic E-state index is -0.881. The quantitative estimate of drug-likeness (QED) is 0.557. The van der Waals surface area contributed by atoms with E-state index in [0.29, 0.717) is 17.1 Å². The second-order valence-electron chi connectivity index (χ2n) is 4.44. The zero-order valence-electron chi connectivity index (χ0n) is 12.3. The Hall–Kier alpha value is -1.36. The lowest BCUT2D eigenvalue weighted by atomic mass is 10.1. The molecule has 0 unspecified atom stereocenters. The minimum Gasteiger partial charge on any atom is -0.496 e. The summed E-state index contributed by atoms with van der Waals surface area (Å²) in [5, 5.41) is 8.92. The van der Waals surface area contributed by atoms with E-state index in [1.807, 2.05) is 6.07 Å². The molecule has 0 aliphatic carbocycles. The lowest BCUT2D eigenvalue weighted by Crippen LogP contribution is -2.03. The maximum absolute atomic E-state index is 10.9. The second-order valence-corrected chi connectivity index (χ2v) is 5.58. The van der Waals surface area contributed by atoms with Gasteiger partial charge in [0.25, 0.3) is 0 Å². The molecule has 0 spiro atoms. The highest BCUT2D eigenvalue weighted by molar-refractivity contribution is 7.99. The van der Waals surface area contributed by atoms with Crippen molar-refractivity contribution in [1.82, 2.24) is 0 Å². The van der Waals surface area contributed by atoms with Crippen molar-refractivity contribution in [2.45, 2.75) is 37.5 Å². The Morgan fingerprint density at radius 2 is 1.90 bits per heavy atom. The molecule has 0 radical (unpaired) electrons. The van der Waals surface area contributed by atoms with Crippen LogP contribution in [0.1, 0.15) is 31.7 Å². The van der Waals surface area contributed by atoms with Gasteiger partial charge in [0.1, 0.15) is 11.5 Å². The van der Waals surface area contributed by atoms with Crippen molar-refractivity contribution < 1.29 is 19.4 Å². The molecule has 0 amide bonds. The number of ether oxygens (including phenoxy) is 2. The molecule has 20 heavy (non-hydrogen) atoms. The average molecular weight is 298 g/mol. The molecule has 0 saturated heterocycles. The molecular weight excluding hydrogens is 276 g/mol. The molecule has 0 aromatic heterocycles. The Balaban J connectivity index is 2.90. The Morgan fingerprint density at radius 1 is 1.20 bits per heavy atom. The fourth-order valence-electron chi connectivity index (χ4n) is 1.88. The van der Waals surface area contributed by atoms with Crippen LogP contribution in [0.5, 0.6) is 11.5 Å². The average Bonchev–Trinajstić information content (AvgIpc) is 2.43. The highest BCUT2D eigenvalue weighted by Crippen LogP contribution is 2.36. The number of aliphatic carboxylic acids is 1. The molecule has 0 aliphatic heterocycles. The summed E-state index contributed by atoms with van der Waals surface area (Å²) < 4.78 is 10.6. The third kappa shape index (κ3) is 4.96. The predicted octanol–water partition coefficient (Wildman–Crippen LogP) is 3.61. The molecular formula is C15H22O4S. The molecule has 0 bridgehead atoms. The summed E-state index contributed by atoms with van der Waals surface area (Å²) in [6.07, 6.45) is 3.49. The Morgan fingerprint density at radius 3 is 2.45 bits per heavy atom. The van der Waals surface area contributed by atoms with Crippen LogP contribution in [0.2, 0.25) is 0 Å². The normalized spacial score (nSPS) is 10.3. The van der Waals surface area contributed by atoms with E-state index in [-0.39, 0.29) is 6.42 Å². The van der Waals surface area contributed by atoms with Crippen LogP contribution in [0.3, 0.4) is 0 Å². The van der Waals surface area contributed by atoms with Gasteiger partial charge in [0.15, 0.2) is 0 Å². The van der Waals surface area contributed by atoms with Crippen molar-refractivity contribution in [2.75, 3.05) is 20.0 Å². The molecule has 0 fully saturated rings. The van der Waals surface area contributed by atoms with Crippen molar-refractivity contribution in [3.05, 3.63) is 17.7 Å². The number of hydrogen-bond acceptors (Lipinski definition) is 4. The SMILES string of the molecule is CCCCCSc1cc(OC)c(CC(=O)O)cc1OC. The van der Waals surface area contributed by atoms with Gasteiger partial charge in [0.2, 0.25) is 0 Å². The number of carboxylic acid groups (broad SMARTS) is 1. The highest BCUT2D eigenvalue weighted by Gasteiger charge is 2.14. The maximum atomic E-state index is 10.9. The van der Waals surface area contributed by atoms with Gasteiger partial charge in [0.05, 0.1) is 25.5 Å². The van der Waals surface area contributed by atoms with Gasteiger partial charge in [-0.1, -0.05) is 19.8 Å². The molecule has 4 nitrogen and oxygen atoms in total. The van der Waals surface area contributed by atoms with Crippen LogP contribution >= 0.6 is 11.8 Å². The number of carboxylic acids is 1. The molecule has 0 atom stereocenters. The summed E-state index contributed by atoms with van der Waals surface area (Å²) in [5.41, 5.74) is 0.634. The molecule has 0 aliphatic rings. The topological polar surface area (TPSA) is 55.8 Å². The van der Waals surface area contributed by atoms with Gasteiger partial charge in [0, 0.05) is 5.56 Å². The number of benzene rings is 1. The van der Waals surface area contributed by atoms with Crippen LogP contribution in [0.4, 0.5) is 0 Å². The number of unbranched alkanes of at least 4 members (excludes halogenated alkanes) is 2. The summed E-state index contributed by atoms with van der Waals surface area (Å²) in [6, 6.07) is 3.63. The monoisotopic (exact) mass is 298 g/mol. The van der Waals surface area contributed by atoms with E-state index in [1.54, 1.807) is 32.0 Å². The van der Waals surface area contributed by atoms with Crippen molar-refractivity contribution in [3.8, 4) is 11.5 Å². The maximum Gasteiger partial charge on any atom is 0.307 e. The van der Waals surface area contributed by atoms with Crippen molar-refractivity contribution in [3.63, 3.8) is 0 Å². The standard InChI is InChI=1S/C15H22O4S/c1-4-5-6-7-20-14-10-12(18-2)11(9-15(16)17)8-13(14)19-3/h8,10H,4-7,9H2,1-3H3,(H,16,17). The van der Waals surface area contributed by atoms with Gasteiger partial charge in [-0.3, -0.25) is 4.79 Å².